The Labute approximate surface area is 178 Å². The van der Waals surface area contributed by atoms with E-state index in [1.54, 1.807) is 18.4 Å². The number of aryl methyl sites for hydroxylation is 1. The molecule has 1 aliphatic rings. The maximum atomic E-state index is 13.0. The van der Waals surface area contributed by atoms with Crippen LogP contribution >= 0.6 is 11.3 Å². The molecule has 2 aromatic carbocycles. The summed E-state index contributed by atoms with van der Waals surface area (Å²) in [6.45, 7) is 3.97. The van der Waals surface area contributed by atoms with Gasteiger partial charge in [-0.2, -0.15) is 0 Å². The molecule has 3 heterocycles. The molecule has 30 heavy (non-hydrogen) atoms. The molecule has 0 N–H and O–H groups in total. The third-order valence-electron chi connectivity index (χ3n) is 5.52. The molecule has 4 aromatic rings. The molecule has 0 radical (unpaired) electrons. The number of fused-ring (bicyclic) bond motifs is 3. The molecular formula is C24H21NO4S. The largest absolute Gasteiger partial charge is 0.497 e. The number of hydrogen-bond acceptors (Lipinski definition) is 6. The number of hydrogen-bond donors (Lipinski definition) is 0. The van der Waals surface area contributed by atoms with E-state index in [0.29, 0.717) is 24.4 Å². The SMILES string of the molecule is COc1ccc(-c2c(C)c3ccc4c(c3oc2=O)CN(Cc2cccs2)CO4)cc1. The molecule has 2 aromatic heterocycles. The number of thiophene rings is 1. The molecule has 5 rings (SSSR count). The summed E-state index contributed by atoms with van der Waals surface area (Å²) in [7, 11) is 1.62. The second-order valence-corrected chi connectivity index (χ2v) is 8.41. The van der Waals surface area contributed by atoms with Crippen molar-refractivity contribution in [3.05, 3.63) is 80.3 Å². The van der Waals surface area contributed by atoms with Gasteiger partial charge in [-0.3, -0.25) is 4.90 Å². The highest BCUT2D eigenvalue weighted by molar-refractivity contribution is 7.09. The Morgan fingerprint density at radius 3 is 2.70 bits per heavy atom. The Hall–Kier alpha value is -3.09. The first kappa shape index (κ1) is 18.9. The lowest BCUT2D eigenvalue weighted by Crippen LogP contribution is -2.31. The van der Waals surface area contributed by atoms with Crippen LogP contribution in [0.25, 0.3) is 22.1 Å². The number of rotatable bonds is 4. The van der Waals surface area contributed by atoms with Gasteiger partial charge < -0.3 is 13.9 Å². The van der Waals surface area contributed by atoms with E-state index in [1.807, 2.05) is 43.3 Å². The molecule has 0 fully saturated rings. The van der Waals surface area contributed by atoms with E-state index in [4.69, 9.17) is 13.9 Å². The summed E-state index contributed by atoms with van der Waals surface area (Å²) in [4.78, 5) is 16.5. The molecule has 152 valence electrons. The fourth-order valence-electron chi connectivity index (χ4n) is 3.98. The van der Waals surface area contributed by atoms with Crippen molar-refractivity contribution in [2.75, 3.05) is 13.8 Å². The molecule has 0 aliphatic carbocycles. The topological polar surface area (TPSA) is 51.9 Å². The number of benzene rings is 2. The Balaban J connectivity index is 1.58. The number of methoxy groups -OCH3 is 1. The van der Waals surface area contributed by atoms with E-state index in [1.165, 1.54) is 4.88 Å². The first-order valence-electron chi connectivity index (χ1n) is 9.75. The lowest BCUT2D eigenvalue weighted by molar-refractivity contribution is 0.0899. The fraction of sp³-hybridized carbons (Fsp3) is 0.208. The highest BCUT2D eigenvalue weighted by Crippen LogP contribution is 2.36. The summed E-state index contributed by atoms with van der Waals surface area (Å²) in [6, 6.07) is 15.6. The normalized spacial score (nSPS) is 13.8. The third-order valence-corrected chi connectivity index (χ3v) is 6.38. The van der Waals surface area contributed by atoms with Gasteiger partial charge in [0.1, 0.15) is 23.8 Å². The highest BCUT2D eigenvalue weighted by atomic mass is 32.1. The smallest absolute Gasteiger partial charge is 0.344 e. The van der Waals surface area contributed by atoms with Gasteiger partial charge in [0, 0.05) is 23.4 Å². The second kappa shape index (κ2) is 7.63. The van der Waals surface area contributed by atoms with E-state index in [9.17, 15) is 4.79 Å². The quantitative estimate of drug-likeness (QED) is 0.426. The van der Waals surface area contributed by atoms with Crippen LogP contribution in [-0.4, -0.2) is 18.7 Å². The van der Waals surface area contributed by atoms with Gasteiger partial charge in [-0.15, -0.1) is 11.3 Å². The monoisotopic (exact) mass is 419 g/mol. The van der Waals surface area contributed by atoms with Crippen LogP contribution in [0.2, 0.25) is 0 Å². The summed E-state index contributed by atoms with van der Waals surface area (Å²) in [5, 5.41) is 3.01. The minimum atomic E-state index is -0.339. The van der Waals surface area contributed by atoms with Gasteiger partial charge in [-0.05, 0) is 53.8 Å². The van der Waals surface area contributed by atoms with Gasteiger partial charge in [-0.1, -0.05) is 18.2 Å². The van der Waals surface area contributed by atoms with Crippen molar-refractivity contribution in [3.63, 3.8) is 0 Å². The van der Waals surface area contributed by atoms with Gasteiger partial charge in [0.2, 0.25) is 0 Å². The van der Waals surface area contributed by atoms with Crippen LogP contribution in [0, 0.1) is 6.92 Å². The van der Waals surface area contributed by atoms with Crippen LogP contribution in [-0.2, 0) is 13.1 Å². The predicted octanol–water partition coefficient (Wildman–Crippen LogP) is 5.19. The summed E-state index contributed by atoms with van der Waals surface area (Å²) >= 11 is 1.73. The van der Waals surface area contributed by atoms with Crippen molar-refractivity contribution in [1.82, 2.24) is 4.90 Å². The lowest BCUT2D eigenvalue weighted by atomic mass is 9.97. The van der Waals surface area contributed by atoms with Crippen molar-refractivity contribution in [2.45, 2.75) is 20.0 Å². The molecule has 0 saturated carbocycles. The molecule has 6 heteroatoms. The van der Waals surface area contributed by atoms with Crippen LogP contribution in [0.4, 0.5) is 0 Å². The Morgan fingerprint density at radius 1 is 1.13 bits per heavy atom. The summed E-state index contributed by atoms with van der Waals surface area (Å²) in [6.07, 6.45) is 0. The average molecular weight is 420 g/mol. The van der Waals surface area contributed by atoms with Gasteiger partial charge in [-0.25, -0.2) is 4.79 Å². The number of ether oxygens (including phenoxy) is 2. The van der Waals surface area contributed by atoms with Crippen molar-refractivity contribution in [2.24, 2.45) is 0 Å². The van der Waals surface area contributed by atoms with Crippen molar-refractivity contribution >= 4 is 22.3 Å². The molecule has 1 aliphatic heterocycles. The summed E-state index contributed by atoms with van der Waals surface area (Å²) in [5.41, 5.74) is 3.51. The molecule has 0 atom stereocenters. The average Bonchev–Trinajstić information content (AvgIpc) is 3.27. The van der Waals surface area contributed by atoms with Crippen molar-refractivity contribution < 1.29 is 13.9 Å². The standard InChI is InChI=1S/C24H21NO4S/c1-15-19-9-10-21-20(13-25(14-28-21)12-18-4-3-11-30-18)23(19)29-24(26)22(15)16-5-7-17(27-2)8-6-16/h3-11H,12-14H2,1-2H3. The van der Waals surface area contributed by atoms with Gasteiger partial charge in [0.25, 0.3) is 0 Å². The van der Waals surface area contributed by atoms with Gasteiger partial charge in [0.15, 0.2) is 0 Å². The summed E-state index contributed by atoms with van der Waals surface area (Å²) in [5.74, 6) is 1.53. The molecule has 0 spiro atoms. The lowest BCUT2D eigenvalue weighted by Gasteiger charge is -2.29. The van der Waals surface area contributed by atoms with E-state index in [2.05, 4.69) is 22.4 Å². The first-order chi connectivity index (χ1) is 14.6. The van der Waals surface area contributed by atoms with Gasteiger partial charge >= 0.3 is 5.63 Å². The Morgan fingerprint density at radius 2 is 1.97 bits per heavy atom. The molecule has 5 nitrogen and oxygen atoms in total. The third kappa shape index (κ3) is 3.28. The van der Waals surface area contributed by atoms with Crippen molar-refractivity contribution in [3.8, 4) is 22.6 Å². The maximum Gasteiger partial charge on any atom is 0.344 e. The van der Waals surface area contributed by atoms with E-state index in [0.717, 1.165) is 40.1 Å². The minimum absolute atomic E-state index is 0.339. The zero-order valence-electron chi connectivity index (χ0n) is 16.8. The van der Waals surface area contributed by atoms with E-state index in [-0.39, 0.29) is 5.63 Å². The predicted molar refractivity (Wildman–Crippen MR) is 118 cm³/mol. The highest BCUT2D eigenvalue weighted by Gasteiger charge is 2.24. The van der Waals surface area contributed by atoms with Crippen LogP contribution in [0.1, 0.15) is 16.0 Å². The molecule has 0 bridgehead atoms. The molecule has 0 saturated heterocycles. The van der Waals surface area contributed by atoms with E-state index >= 15 is 0 Å². The maximum absolute atomic E-state index is 13.0. The Kier molecular flexibility index (Phi) is 4.81. The zero-order chi connectivity index (χ0) is 20.7. The van der Waals surface area contributed by atoms with Gasteiger partial charge in [0.05, 0.1) is 18.2 Å². The fourth-order valence-corrected chi connectivity index (χ4v) is 4.73. The molecule has 0 amide bonds. The minimum Gasteiger partial charge on any atom is -0.497 e. The first-order valence-corrected chi connectivity index (χ1v) is 10.6. The zero-order valence-corrected chi connectivity index (χ0v) is 17.6. The Bertz CT molecular complexity index is 1260. The summed E-state index contributed by atoms with van der Waals surface area (Å²) < 4.78 is 17.1. The van der Waals surface area contributed by atoms with E-state index < -0.39 is 0 Å². The van der Waals surface area contributed by atoms with Crippen LogP contribution in [0.3, 0.4) is 0 Å². The van der Waals surface area contributed by atoms with Crippen molar-refractivity contribution in [1.29, 1.82) is 0 Å². The van der Waals surface area contributed by atoms with Crippen LogP contribution < -0.4 is 15.1 Å². The van der Waals surface area contributed by atoms with Crippen LogP contribution in [0.5, 0.6) is 11.5 Å². The number of nitrogens with zero attached hydrogens (tertiary/aromatic N) is 1. The molecule has 0 unspecified atom stereocenters. The molecular weight excluding hydrogens is 398 g/mol. The van der Waals surface area contributed by atoms with Crippen LogP contribution in [0.15, 0.2) is 63.1 Å². The second-order valence-electron chi connectivity index (χ2n) is 7.38.